The van der Waals surface area contributed by atoms with Gasteiger partial charge in [-0.05, 0) is 14.0 Å². The van der Waals surface area contributed by atoms with Crippen molar-refractivity contribution < 1.29 is 9.15 Å². The van der Waals surface area contributed by atoms with E-state index in [2.05, 4.69) is 15.5 Å². The highest BCUT2D eigenvalue weighted by molar-refractivity contribution is 4.84. The summed E-state index contributed by atoms with van der Waals surface area (Å²) in [5.41, 5.74) is 0. The van der Waals surface area contributed by atoms with E-state index in [0.29, 0.717) is 18.3 Å². The van der Waals surface area contributed by atoms with Crippen LogP contribution in [0.2, 0.25) is 0 Å². The normalized spacial score (nSPS) is 13.2. The SMILES string of the molecule is CNCc1nnc(C(C)OC)o1. The predicted octanol–water partition coefficient (Wildman–Crippen LogP) is 0.496. The molecule has 0 saturated carbocycles. The smallest absolute Gasteiger partial charge is 0.244 e. The number of nitrogens with zero attached hydrogens (tertiary/aromatic N) is 2. The number of nitrogens with one attached hydrogen (secondary N) is 1. The summed E-state index contributed by atoms with van der Waals surface area (Å²) in [6.45, 7) is 2.44. The second-order valence-electron chi connectivity index (χ2n) is 2.44. The highest BCUT2D eigenvalue weighted by Crippen LogP contribution is 2.12. The van der Waals surface area contributed by atoms with Gasteiger partial charge < -0.3 is 14.5 Å². The number of hydrogen-bond donors (Lipinski definition) is 1. The number of ether oxygens (including phenoxy) is 1. The van der Waals surface area contributed by atoms with Gasteiger partial charge in [-0.25, -0.2) is 0 Å². The van der Waals surface area contributed by atoms with Gasteiger partial charge in [-0.3, -0.25) is 0 Å². The molecule has 1 rings (SSSR count). The first-order valence-electron chi connectivity index (χ1n) is 3.77. The van der Waals surface area contributed by atoms with Crippen LogP contribution in [0.25, 0.3) is 0 Å². The van der Waals surface area contributed by atoms with Crippen molar-refractivity contribution in [1.82, 2.24) is 15.5 Å². The van der Waals surface area contributed by atoms with Gasteiger partial charge in [0.25, 0.3) is 0 Å². The van der Waals surface area contributed by atoms with Crippen LogP contribution in [0, 0.1) is 0 Å². The van der Waals surface area contributed by atoms with E-state index >= 15 is 0 Å². The molecule has 5 nitrogen and oxygen atoms in total. The first-order chi connectivity index (χ1) is 5.77. The molecule has 1 unspecified atom stereocenters. The van der Waals surface area contributed by atoms with Gasteiger partial charge in [-0.15, -0.1) is 10.2 Å². The molecule has 68 valence electrons. The third-order valence-corrected chi connectivity index (χ3v) is 1.51. The summed E-state index contributed by atoms with van der Waals surface area (Å²) >= 11 is 0. The molecular formula is C7H13N3O2. The molecule has 1 N–H and O–H groups in total. The van der Waals surface area contributed by atoms with Gasteiger partial charge in [0.15, 0.2) is 0 Å². The molecule has 0 aliphatic rings. The van der Waals surface area contributed by atoms with Crippen LogP contribution >= 0.6 is 0 Å². The van der Waals surface area contributed by atoms with Gasteiger partial charge in [-0.1, -0.05) is 0 Å². The van der Waals surface area contributed by atoms with Crippen LogP contribution < -0.4 is 5.32 Å². The zero-order valence-corrected chi connectivity index (χ0v) is 7.50. The highest BCUT2D eigenvalue weighted by atomic mass is 16.5. The molecule has 1 aromatic heterocycles. The average molecular weight is 171 g/mol. The third-order valence-electron chi connectivity index (χ3n) is 1.51. The molecule has 0 aliphatic heterocycles. The molecule has 0 fully saturated rings. The summed E-state index contributed by atoms with van der Waals surface area (Å²) in [5.74, 6) is 1.10. The zero-order chi connectivity index (χ0) is 8.97. The maximum atomic E-state index is 5.27. The first-order valence-corrected chi connectivity index (χ1v) is 3.77. The molecule has 1 aromatic rings. The number of methoxy groups -OCH3 is 1. The number of aromatic nitrogens is 2. The minimum atomic E-state index is -0.136. The average Bonchev–Trinajstić information content (AvgIpc) is 2.52. The van der Waals surface area contributed by atoms with E-state index < -0.39 is 0 Å². The Kier molecular flexibility index (Phi) is 3.19. The fourth-order valence-corrected chi connectivity index (χ4v) is 0.754. The Bertz CT molecular complexity index is 236. The summed E-state index contributed by atoms with van der Waals surface area (Å²) in [4.78, 5) is 0. The predicted molar refractivity (Wildman–Crippen MR) is 42.5 cm³/mol. The molecule has 0 aromatic carbocycles. The molecule has 0 aliphatic carbocycles. The zero-order valence-electron chi connectivity index (χ0n) is 7.50. The van der Waals surface area contributed by atoms with Crippen LogP contribution in [-0.2, 0) is 11.3 Å². The van der Waals surface area contributed by atoms with Crippen molar-refractivity contribution in [2.45, 2.75) is 19.6 Å². The standard InChI is InChI=1S/C7H13N3O2/c1-5(11-3)7-10-9-6(12-7)4-8-2/h5,8H,4H2,1-3H3. The van der Waals surface area contributed by atoms with Crippen molar-refractivity contribution in [2.24, 2.45) is 0 Å². The molecule has 0 amide bonds. The van der Waals surface area contributed by atoms with E-state index in [4.69, 9.17) is 9.15 Å². The molecule has 0 radical (unpaired) electrons. The number of rotatable bonds is 4. The maximum Gasteiger partial charge on any atom is 0.244 e. The van der Waals surface area contributed by atoms with Crippen LogP contribution in [0.15, 0.2) is 4.42 Å². The van der Waals surface area contributed by atoms with Crippen molar-refractivity contribution in [1.29, 1.82) is 0 Å². The van der Waals surface area contributed by atoms with Gasteiger partial charge in [-0.2, -0.15) is 0 Å². The minimum absolute atomic E-state index is 0.136. The lowest BCUT2D eigenvalue weighted by Gasteiger charge is -2.01. The molecule has 1 atom stereocenters. The quantitative estimate of drug-likeness (QED) is 0.714. The van der Waals surface area contributed by atoms with Crippen LogP contribution in [0.5, 0.6) is 0 Å². The van der Waals surface area contributed by atoms with Gasteiger partial charge in [0, 0.05) is 7.11 Å². The van der Waals surface area contributed by atoms with Crippen molar-refractivity contribution in [3.8, 4) is 0 Å². The lowest BCUT2D eigenvalue weighted by atomic mass is 10.4. The Labute approximate surface area is 71.1 Å². The lowest BCUT2D eigenvalue weighted by molar-refractivity contribution is 0.0935. The highest BCUT2D eigenvalue weighted by Gasteiger charge is 2.11. The topological polar surface area (TPSA) is 60.2 Å². The monoisotopic (exact) mass is 171 g/mol. The van der Waals surface area contributed by atoms with Crippen LogP contribution in [0.4, 0.5) is 0 Å². The second kappa shape index (κ2) is 4.18. The van der Waals surface area contributed by atoms with Crippen molar-refractivity contribution >= 4 is 0 Å². The molecule has 1 heterocycles. The fourth-order valence-electron chi connectivity index (χ4n) is 0.754. The molecule has 0 saturated heterocycles. The molecule has 0 bridgehead atoms. The van der Waals surface area contributed by atoms with Gasteiger partial charge >= 0.3 is 0 Å². The Hall–Kier alpha value is -0.940. The Morgan fingerprint density at radius 3 is 2.92 bits per heavy atom. The largest absolute Gasteiger partial charge is 0.421 e. The van der Waals surface area contributed by atoms with Crippen LogP contribution in [0.1, 0.15) is 24.8 Å². The summed E-state index contributed by atoms with van der Waals surface area (Å²) < 4.78 is 10.3. The molecule has 0 spiro atoms. The summed E-state index contributed by atoms with van der Waals surface area (Å²) in [6, 6.07) is 0. The molecule has 5 heteroatoms. The van der Waals surface area contributed by atoms with E-state index in [1.54, 1.807) is 7.11 Å². The first kappa shape index (κ1) is 9.15. The van der Waals surface area contributed by atoms with Gasteiger partial charge in [0.2, 0.25) is 11.8 Å². The second-order valence-corrected chi connectivity index (χ2v) is 2.44. The van der Waals surface area contributed by atoms with Crippen molar-refractivity contribution in [3.05, 3.63) is 11.8 Å². The van der Waals surface area contributed by atoms with E-state index in [0.717, 1.165) is 0 Å². The Morgan fingerprint density at radius 2 is 2.33 bits per heavy atom. The lowest BCUT2D eigenvalue weighted by Crippen LogP contribution is -2.04. The minimum Gasteiger partial charge on any atom is -0.421 e. The molecular weight excluding hydrogens is 158 g/mol. The summed E-state index contributed by atoms with van der Waals surface area (Å²) in [5, 5.41) is 10.6. The summed E-state index contributed by atoms with van der Waals surface area (Å²) in [6.07, 6.45) is -0.136. The fraction of sp³-hybridized carbons (Fsp3) is 0.714. The van der Waals surface area contributed by atoms with Gasteiger partial charge in [0.1, 0.15) is 6.10 Å². The van der Waals surface area contributed by atoms with Crippen LogP contribution in [0.3, 0.4) is 0 Å². The van der Waals surface area contributed by atoms with Crippen molar-refractivity contribution in [2.75, 3.05) is 14.2 Å². The van der Waals surface area contributed by atoms with E-state index in [1.165, 1.54) is 0 Å². The van der Waals surface area contributed by atoms with Crippen LogP contribution in [-0.4, -0.2) is 24.4 Å². The molecule has 12 heavy (non-hydrogen) atoms. The van der Waals surface area contributed by atoms with E-state index in [-0.39, 0.29) is 6.10 Å². The van der Waals surface area contributed by atoms with E-state index in [9.17, 15) is 0 Å². The van der Waals surface area contributed by atoms with E-state index in [1.807, 2.05) is 14.0 Å². The summed E-state index contributed by atoms with van der Waals surface area (Å²) in [7, 11) is 3.43. The Morgan fingerprint density at radius 1 is 1.58 bits per heavy atom. The maximum absolute atomic E-state index is 5.27. The number of hydrogen-bond acceptors (Lipinski definition) is 5. The van der Waals surface area contributed by atoms with Gasteiger partial charge in [0.05, 0.1) is 6.54 Å². The Balaban J connectivity index is 2.63. The third kappa shape index (κ3) is 2.02. The van der Waals surface area contributed by atoms with Crippen molar-refractivity contribution in [3.63, 3.8) is 0 Å².